The zero-order chi connectivity index (χ0) is 13.7. The molecule has 4 heteroatoms. The molecule has 0 saturated carbocycles. The van der Waals surface area contributed by atoms with E-state index < -0.39 is 5.97 Å². The van der Waals surface area contributed by atoms with Gasteiger partial charge in [-0.1, -0.05) is 33.8 Å². The second-order valence-electron chi connectivity index (χ2n) is 5.03. The van der Waals surface area contributed by atoms with Crippen molar-refractivity contribution in [2.75, 3.05) is 13.1 Å². The third-order valence-corrected chi connectivity index (χ3v) is 4.14. The lowest BCUT2D eigenvalue weighted by molar-refractivity contribution is -0.142. The second kappa shape index (κ2) is 6.90. The number of carbonyl (C=O) groups is 1. The SMILES string of the molecule is CCN(CC(C)C(=O)O)C(c1cccs1)C(C)C. The summed E-state index contributed by atoms with van der Waals surface area (Å²) in [5, 5.41) is 11.1. The maximum atomic E-state index is 11.0. The van der Waals surface area contributed by atoms with E-state index in [1.165, 1.54) is 4.88 Å². The summed E-state index contributed by atoms with van der Waals surface area (Å²) in [6.07, 6.45) is 0. The van der Waals surface area contributed by atoms with Gasteiger partial charge in [-0.3, -0.25) is 9.69 Å². The Bertz CT molecular complexity index is 362. The summed E-state index contributed by atoms with van der Waals surface area (Å²) in [6.45, 7) is 9.73. The Hall–Kier alpha value is -0.870. The molecule has 0 radical (unpaired) electrons. The molecule has 0 bridgehead atoms. The van der Waals surface area contributed by atoms with E-state index in [1.807, 2.05) is 0 Å². The van der Waals surface area contributed by atoms with Gasteiger partial charge in [0.2, 0.25) is 0 Å². The molecule has 18 heavy (non-hydrogen) atoms. The van der Waals surface area contributed by atoms with E-state index in [0.717, 1.165) is 6.54 Å². The minimum absolute atomic E-state index is 0.316. The summed E-state index contributed by atoms with van der Waals surface area (Å²) < 4.78 is 0. The van der Waals surface area contributed by atoms with Crippen molar-refractivity contribution in [2.24, 2.45) is 11.8 Å². The highest BCUT2D eigenvalue weighted by atomic mass is 32.1. The van der Waals surface area contributed by atoms with Crippen molar-refractivity contribution in [3.63, 3.8) is 0 Å². The highest BCUT2D eigenvalue weighted by Crippen LogP contribution is 2.32. The van der Waals surface area contributed by atoms with E-state index in [4.69, 9.17) is 5.11 Å². The van der Waals surface area contributed by atoms with Crippen LogP contribution in [0.15, 0.2) is 17.5 Å². The Kier molecular flexibility index (Phi) is 5.82. The van der Waals surface area contributed by atoms with Gasteiger partial charge in [-0.05, 0) is 23.9 Å². The molecule has 0 amide bonds. The minimum Gasteiger partial charge on any atom is -0.481 e. The summed E-state index contributed by atoms with van der Waals surface area (Å²) in [5.41, 5.74) is 0. The number of hydrogen-bond acceptors (Lipinski definition) is 3. The number of nitrogens with zero attached hydrogens (tertiary/aromatic N) is 1. The van der Waals surface area contributed by atoms with Gasteiger partial charge in [-0.15, -0.1) is 11.3 Å². The fourth-order valence-electron chi connectivity index (χ4n) is 2.26. The molecular weight excluding hydrogens is 246 g/mol. The normalized spacial score (nSPS) is 15.0. The molecule has 0 aliphatic rings. The molecule has 102 valence electrons. The molecule has 1 heterocycles. The molecule has 1 N–H and O–H groups in total. The summed E-state index contributed by atoms with van der Waals surface area (Å²) in [4.78, 5) is 14.6. The predicted octanol–water partition coefficient (Wildman–Crippen LogP) is 3.49. The number of carboxylic acids is 1. The van der Waals surface area contributed by atoms with Gasteiger partial charge in [-0.2, -0.15) is 0 Å². The van der Waals surface area contributed by atoms with Crippen LogP contribution in [0.5, 0.6) is 0 Å². The molecule has 3 nitrogen and oxygen atoms in total. The van der Waals surface area contributed by atoms with Crippen LogP contribution in [0.25, 0.3) is 0 Å². The predicted molar refractivity (Wildman–Crippen MR) is 75.9 cm³/mol. The third-order valence-electron chi connectivity index (χ3n) is 3.20. The second-order valence-corrected chi connectivity index (χ2v) is 6.01. The first-order valence-electron chi connectivity index (χ1n) is 6.47. The lowest BCUT2D eigenvalue weighted by Gasteiger charge is -2.34. The highest BCUT2D eigenvalue weighted by Gasteiger charge is 2.26. The van der Waals surface area contributed by atoms with Crippen LogP contribution in [-0.4, -0.2) is 29.1 Å². The Morgan fingerprint density at radius 1 is 1.44 bits per heavy atom. The number of carboxylic acid groups (broad SMARTS) is 1. The maximum absolute atomic E-state index is 11.0. The van der Waals surface area contributed by atoms with Crippen LogP contribution in [0.4, 0.5) is 0 Å². The van der Waals surface area contributed by atoms with Crippen molar-refractivity contribution in [1.82, 2.24) is 4.90 Å². The van der Waals surface area contributed by atoms with Gasteiger partial charge in [0.15, 0.2) is 0 Å². The molecule has 2 unspecified atom stereocenters. The lowest BCUT2D eigenvalue weighted by atomic mass is 9.99. The number of aliphatic carboxylic acids is 1. The zero-order valence-corrected chi connectivity index (χ0v) is 12.4. The smallest absolute Gasteiger partial charge is 0.307 e. The molecule has 0 fully saturated rings. The molecular formula is C14H23NO2S. The summed E-state index contributed by atoms with van der Waals surface area (Å²) in [6, 6.07) is 4.52. The van der Waals surface area contributed by atoms with Crippen molar-refractivity contribution in [3.05, 3.63) is 22.4 Å². The Morgan fingerprint density at radius 2 is 2.11 bits per heavy atom. The number of rotatable bonds is 7. The van der Waals surface area contributed by atoms with Gasteiger partial charge in [0.05, 0.1) is 5.92 Å². The Morgan fingerprint density at radius 3 is 2.50 bits per heavy atom. The van der Waals surface area contributed by atoms with Crippen molar-refractivity contribution in [1.29, 1.82) is 0 Å². The zero-order valence-electron chi connectivity index (χ0n) is 11.6. The largest absolute Gasteiger partial charge is 0.481 e. The van der Waals surface area contributed by atoms with Gasteiger partial charge in [0.25, 0.3) is 0 Å². The van der Waals surface area contributed by atoms with Gasteiger partial charge < -0.3 is 5.11 Å². The van der Waals surface area contributed by atoms with E-state index >= 15 is 0 Å². The maximum Gasteiger partial charge on any atom is 0.307 e. The highest BCUT2D eigenvalue weighted by molar-refractivity contribution is 7.10. The lowest BCUT2D eigenvalue weighted by Crippen LogP contribution is -2.37. The van der Waals surface area contributed by atoms with Crippen molar-refractivity contribution >= 4 is 17.3 Å². The van der Waals surface area contributed by atoms with Crippen molar-refractivity contribution in [2.45, 2.75) is 33.7 Å². The summed E-state index contributed by atoms with van der Waals surface area (Å²) in [5.74, 6) is -0.571. The van der Waals surface area contributed by atoms with Crippen LogP contribution < -0.4 is 0 Å². The standard InChI is InChI=1S/C14H23NO2S/c1-5-15(9-11(4)14(16)17)13(10(2)3)12-7-6-8-18-12/h6-8,10-11,13H,5,9H2,1-4H3,(H,16,17). The number of thiophene rings is 1. The van der Waals surface area contributed by atoms with Crippen molar-refractivity contribution < 1.29 is 9.90 Å². The first kappa shape index (κ1) is 15.2. The van der Waals surface area contributed by atoms with E-state index in [2.05, 4.69) is 43.2 Å². The van der Waals surface area contributed by atoms with E-state index in [-0.39, 0.29) is 5.92 Å². The van der Waals surface area contributed by atoms with E-state index in [1.54, 1.807) is 18.3 Å². The van der Waals surface area contributed by atoms with Crippen LogP contribution in [0.3, 0.4) is 0 Å². The van der Waals surface area contributed by atoms with E-state index in [0.29, 0.717) is 18.5 Å². The quantitative estimate of drug-likeness (QED) is 0.823. The van der Waals surface area contributed by atoms with Crippen LogP contribution in [0.2, 0.25) is 0 Å². The molecule has 0 aliphatic carbocycles. The van der Waals surface area contributed by atoms with Gasteiger partial charge in [0.1, 0.15) is 0 Å². The topological polar surface area (TPSA) is 40.5 Å². The molecule has 0 aromatic carbocycles. The van der Waals surface area contributed by atoms with Crippen LogP contribution >= 0.6 is 11.3 Å². The summed E-state index contributed by atoms with van der Waals surface area (Å²) in [7, 11) is 0. The molecule has 1 rings (SSSR count). The first-order valence-corrected chi connectivity index (χ1v) is 7.35. The molecule has 0 spiro atoms. The molecule has 0 aliphatic heterocycles. The van der Waals surface area contributed by atoms with Crippen LogP contribution in [0.1, 0.15) is 38.6 Å². The third kappa shape index (κ3) is 3.82. The van der Waals surface area contributed by atoms with Gasteiger partial charge in [-0.25, -0.2) is 0 Å². The van der Waals surface area contributed by atoms with Gasteiger partial charge >= 0.3 is 5.97 Å². The average Bonchev–Trinajstić information content (AvgIpc) is 2.80. The van der Waals surface area contributed by atoms with Crippen LogP contribution in [0, 0.1) is 11.8 Å². The monoisotopic (exact) mass is 269 g/mol. The number of hydrogen-bond donors (Lipinski definition) is 1. The minimum atomic E-state index is -0.720. The van der Waals surface area contributed by atoms with Gasteiger partial charge in [0, 0.05) is 17.5 Å². The molecule has 1 aromatic heterocycles. The summed E-state index contributed by atoms with van der Waals surface area (Å²) >= 11 is 1.75. The first-order chi connectivity index (χ1) is 8.47. The molecule has 2 atom stereocenters. The molecule has 1 aromatic rings. The van der Waals surface area contributed by atoms with Crippen molar-refractivity contribution in [3.8, 4) is 0 Å². The Balaban J connectivity index is 2.85. The Labute approximate surface area is 113 Å². The van der Waals surface area contributed by atoms with E-state index in [9.17, 15) is 4.79 Å². The van der Waals surface area contributed by atoms with Crippen LogP contribution in [-0.2, 0) is 4.79 Å². The fourth-order valence-corrected chi connectivity index (χ4v) is 3.29. The average molecular weight is 269 g/mol. The fraction of sp³-hybridized carbons (Fsp3) is 0.643. The molecule has 0 saturated heterocycles.